The van der Waals surface area contributed by atoms with Gasteiger partial charge in [-0.15, -0.1) is 0 Å². The number of hydrogen-bond donors (Lipinski definition) is 3. The Kier molecular flexibility index (Phi) is 7.50. The molecule has 1 aliphatic heterocycles. The molecule has 1 heterocycles. The third kappa shape index (κ3) is 6.06. The monoisotopic (exact) mass is 444 g/mol. The molecule has 6 heteroatoms. The van der Waals surface area contributed by atoms with E-state index in [1.165, 1.54) is 0 Å². The summed E-state index contributed by atoms with van der Waals surface area (Å²) in [6.07, 6.45) is 0.588. The number of rotatable bonds is 7. The zero-order valence-electron chi connectivity index (χ0n) is 18.3. The van der Waals surface area contributed by atoms with Crippen molar-refractivity contribution in [3.05, 3.63) is 90.5 Å². The number of carbonyl (C=O) groups excluding carboxylic acids is 2. The lowest BCUT2D eigenvalue weighted by atomic mass is 9.96. The minimum atomic E-state index is -0.547. The molecule has 3 N–H and O–H groups in total. The second kappa shape index (κ2) is 10.9. The van der Waals surface area contributed by atoms with Gasteiger partial charge in [-0.2, -0.15) is 0 Å². The first-order valence-electron chi connectivity index (χ1n) is 11.2. The molecule has 0 saturated carbocycles. The molecule has 4 rings (SSSR count). The Labute approximate surface area is 193 Å². The lowest BCUT2D eigenvalue weighted by Crippen LogP contribution is -2.51. The first-order chi connectivity index (χ1) is 16.1. The molecule has 1 fully saturated rings. The maximum absolute atomic E-state index is 12.6. The average Bonchev–Trinajstić information content (AvgIpc) is 2.86. The van der Waals surface area contributed by atoms with E-state index in [2.05, 4.69) is 10.6 Å². The van der Waals surface area contributed by atoms with Gasteiger partial charge in [0, 0.05) is 11.3 Å². The highest BCUT2D eigenvalue weighted by Gasteiger charge is 2.33. The summed E-state index contributed by atoms with van der Waals surface area (Å²) in [6.45, 7) is -0.223. The van der Waals surface area contributed by atoms with Crippen molar-refractivity contribution in [3.8, 4) is 11.1 Å². The number of nitrogens with one attached hydrogen (secondary N) is 2. The number of carbonyl (C=O) groups is 2. The predicted octanol–water partition coefficient (Wildman–Crippen LogP) is 4.02. The van der Waals surface area contributed by atoms with Gasteiger partial charge in [-0.25, -0.2) is 0 Å². The Hall–Kier alpha value is -3.48. The quantitative estimate of drug-likeness (QED) is 0.514. The molecule has 0 bridgehead atoms. The maximum Gasteiger partial charge on any atom is 0.251 e. The molecule has 0 spiro atoms. The fraction of sp³-hybridized carbons (Fsp3) is 0.259. The summed E-state index contributed by atoms with van der Waals surface area (Å²) in [7, 11) is 0. The van der Waals surface area contributed by atoms with Gasteiger partial charge >= 0.3 is 0 Å². The van der Waals surface area contributed by atoms with Crippen LogP contribution in [0.1, 0.15) is 29.6 Å². The van der Waals surface area contributed by atoms with Crippen LogP contribution in [-0.4, -0.2) is 41.8 Å². The van der Waals surface area contributed by atoms with Crippen LogP contribution in [0.4, 0.5) is 5.69 Å². The highest BCUT2D eigenvalue weighted by atomic mass is 16.5. The van der Waals surface area contributed by atoms with E-state index < -0.39 is 6.10 Å². The number of hydrogen-bond acceptors (Lipinski definition) is 4. The van der Waals surface area contributed by atoms with E-state index >= 15 is 0 Å². The van der Waals surface area contributed by atoms with E-state index in [-0.39, 0.29) is 37.0 Å². The summed E-state index contributed by atoms with van der Waals surface area (Å²) in [5.74, 6) is -0.339. The van der Waals surface area contributed by atoms with Gasteiger partial charge in [0.25, 0.3) is 5.91 Å². The summed E-state index contributed by atoms with van der Waals surface area (Å²) in [5, 5.41) is 15.6. The molecule has 6 nitrogen and oxygen atoms in total. The van der Waals surface area contributed by atoms with Crippen molar-refractivity contribution in [1.29, 1.82) is 0 Å². The number of amides is 2. The predicted molar refractivity (Wildman–Crippen MR) is 128 cm³/mol. The van der Waals surface area contributed by atoms with Crippen molar-refractivity contribution < 1.29 is 19.4 Å². The van der Waals surface area contributed by atoms with E-state index in [4.69, 9.17) is 4.74 Å². The first-order valence-corrected chi connectivity index (χ1v) is 11.2. The zero-order chi connectivity index (χ0) is 23.0. The van der Waals surface area contributed by atoms with Crippen LogP contribution in [0.3, 0.4) is 0 Å². The van der Waals surface area contributed by atoms with E-state index in [0.717, 1.165) is 16.8 Å². The fourth-order valence-corrected chi connectivity index (χ4v) is 4.08. The van der Waals surface area contributed by atoms with Gasteiger partial charge in [-0.1, -0.05) is 60.7 Å². The Morgan fingerprint density at radius 1 is 0.848 bits per heavy atom. The minimum absolute atomic E-state index is 0.143. The van der Waals surface area contributed by atoms with Crippen molar-refractivity contribution in [2.45, 2.75) is 37.5 Å². The summed E-state index contributed by atoms with van der Waals surface area (Å²) < 4.78 is 5.94. The molecular weight excluding hydrogens is 416 g/mol. The first kappa shape index (κ1) is 22.7. The Balaban J connectivity index is 1.28. The minimum Gasteiger partial charge on any atom is -0.394 e. The summed E-state index contributed by atoms with van der Waals surface area (Å²) >= 11 is 0. The third-order valence-electron chi connectivity index (χ3n) is 5.84. The summed E-state index contributed by atoms with van der Waals surface area (Å²) in [6, 6.07) is 26.4. The van der Waals surface area contributed by atoms with Crippen molar-refractivity contribution in [2.75, 3.05) is 11.9 Å². The molecule has 0 aliphatic carbocycles. The molecule has 3 aromatic carbocycles. The standard InChI is InChI=1S/C27H28N2O4/c30-18-25-24(29-27(32)21-9-5-2-6-10-21)16-15-23(33-25)17-26(31)28-22-13-11-20(12-14-22)19-7-3-1-4-8-19/h1-14,23-25,30H,15-18H2,(H,28,31)(H,29,32)/t23-,24+,25+/m1/s1. The highest BCUT2D eigenvalue weighted by Crippen LogP contribution is 2.24. The van der Waals surface area contributed by atoms with Crippen molar-refractivity contribution in [1.82, 2.24) is 5.32 Å². The number of aliphatic hydroxyl groups is 1. The Morgan fingerprint density at radius 2 is 1.48 bits per heavy atom. The molecule has 170 valence electrons. The molecule has 1 saturated heterocycles. The van der Waals surface area contributed by atoms with Crippen molar-refractivity contribution in [2.24, 2.45) is 0 Å². The van der Waals surface area contributed by atoms with Crippen LogP contribution in [-0.2, 0) is 9.53 Å². The third-order valence-corrected chi connectivity index (χ3v) is 5.84. The number of benzene rings is 3. The largest absolute Gasteiger partial charge is 0.394 e. The molecule has 3 aromatic rings. The van der Waals surface area contributed by atoms with Gasteiger partial charge in [0.2, 0.25) is 5.91 Å². The van der Waals surface area contributed by atoms with Gasteiger partial charge in [-0.05, 0) is 48.2 Å². The van der Waals surface area contributed by atoms with Gasteiger partial charge in [0.15, 0.2) is 0 Å². The fourth-order valence-electron chi connectivity index (χ4n) is 4.08. The van der Waals surface area contributed by atoms with Crippen LogP contribution in [0, 0.1) is 0 Å². The SMILES string of the molecule is O=C(C[C@H]1CC[C@H](NC(=O)c2ccccc2)[C@H](CO)O1)Nc1ccc(-c2ccccc2)cc1. The van der Waals surface area contributed by atoms with Crippen molar-refractivity contribution >= 4 is 17.5 Å². The van der Waals surface area contributed by atoms with E-state index in [9.17, 15) is 14.7 Å². The van der Waals surface area contributed by atoms with E-state index in [1.807, 2.05) is 60.7 Å². The van der Waals surface area contributed by atoms with Gasteiger partial charge in [0.1, 0.15) is 6.10 Å². The lowest BCUT2D eigenvalue weighted by molar-refractivity contribution is -0.126. The van der Waals surface area contributed by atoms with Crippen LogP contribution in [0.5, 0.6) is 0 Å². The van der Waals surface area contributed by atoms with Gasteiger partial charge < -0.3 is 20.5 Å². The molecule has 2 amide bonds. The summed E-state index contributed by atoms with van der Waals surface area (Å²) in [5.41, 5.74) is 3.49. The molecule has 0 unspecified atom stereocenters. The second-order valence-corrected chi connectivity index (χ2v) is 8.20. The van der Waals surface area contributed by atoms with Crippen LogP contribution >= 0.6 is 0 Å². The second-order valence-electron chi connectivity index (χ2n) is 8.20. The van der Waals surface area contributed by atoms with E-state index in [1.54, 1.807) is 24.3 Å². The van der Waals surface area contributed by atoms with Crippen LogP contribution in [0.15, 0.2) is 84.9 Å². The molecule has 1 aliphatic rings. The average molecular weight is 445 g/mol. The molecule has 3 atom stereocenters. The van der Waals surface area contributed by atoms with Crippen LogP contribution in [0.2, 0.25) is 0 Å². The molecule has 33 heavy (non-hydrogen) atoms. The molecule has 0 aromatic heterocycles. The van der Waals surface area contributed by atoms with E-state index in [0.29, 0.717) is 18.4 Å². The molecule has 0 radical (unpaired) electrons. The number of aliphatic hydroxyl groups excluding tert-OH is 1. The van der Waals surface area contributed by atoms with Gasteiger partial charge in [-0.3, -0.25) is 9.59 Å². The maximum atomic E-state index is 12.6. The van der Waals surface area contributed by atoms with Gasteiger partial charge in [0.05, 0.1) is 25.2 Å². The lowest BCUT2D eigenvalue weighted by Gasteiger charge is -2.36. The Morgan fingerprint density at radius 3 is 2.15 bits per heavy atom. The van der Waals surface area contributed by atoms with Crippen LogP contribution < -0.4 is 10.6 Å². The molecular formula is C27H28N2O4. The summed E-state index contributed by atoms with van der Waals surface area (Å²) in [4.78, 5) is 25.0. The number of ether oxygens (including phenoxy) is 1. The normalized spacial score (nSPS) is 20.1. The van der Waals surface area contributed by atoms with Crippen LogP contribution in [0.25, 0.3) is 11.1 Å². The smallest absolute Gasteiger partial charge is 0.251 e. The topological polar surface area (TPSA) is 87.7 Å². The number of anilines is 1. The highest BCUT2D eigenvalue weighted by molar-refractivity contribution is 5.94. The van der Waals surface area contributed by atoms with Crippen molar-refractivity contribution in [3.63, 3.8) is 0 Å². The zero-order valence-corrected chi connectivity index (χ0v) is 18.3. The Bertz CT molecular complexity index is 1050.